The van der Waals surface area contributed by atoms with E-state index < -0.39 is 5.97 Å². The fourth-order valence-electron chi connectivity index (χ4n) is 1.99. The molecule has 122 valence electrons. The first-order valence-corrected chi connectivity index (χ1v) is 7.36. The molecule has 2 aromatic carbocycles. The van der Waals surface area contributed by atoms with Gasteiger partial charge in [-0.15, -0.1) is 0 Å². The van der Waals surface area contributed by atoms with Gasteiger partial charge < -0.3 is 19.3 Å². The van der Waals surface area contributed by atoms with Gasteiger partial charge in [-0.3, -0.25) is 0 Å². The van der Waals surface area contributed by atoms with Crippen molar-refractivity contribution in [1.29, 1.82) is 0 Å². The number of hydrogen-bond acceptors (Lipinski definition) is 4. The average Bonchev–Trinajstić information content (AvgIpc) is 2.58. The summed E-state index contributed by atoms with van der Waals surface area (Å²) >= 11 is 0. The predicted molar refractivity (Wildman–Crippen MR) is 86.2 cm³/mol. The van der Waals surface area contributed by atoms with Crippen LogP contribution in [0.3, 0.4) is 0 Å². The van der Waals surface area contributed by atoms with Crippen molar-refractivity contribution in [1.82, 2.24) is 0 Å². The Bertz CT molecular complexity index is 625. The van der Waals surface area contributed by atoms with Gasteiger partial charge in [0.05, 0.1) is 12.2 Å². The largest absolute Gasteiger partial charge is 0.490 e. The van der Waals surface area contributed by atoms with Crippen LogP contribution in [0.5, 0.6) is 11.5 Å². The van der Waals surface area contributed by atoms with Crippen molar-refractivity contribution in [2.75, 3.05) is 20.3 Å². The Hall–Kier alpha value is -2.53. The molecule has 2 aromatic rings. The van der Waals surface area contributed by atoms with Crippen molar-refractivity contribution in [3.63, 3.8) is 0 Å². The lowest BCUT2D eigenvalue weighted by atomic mass is 10.2. The topological polar surface area (TPSA) is 65.0 Å². The van der Waals surface area contributed by atoms with Crippen LogP contribution in [0.15, 0.2) is 48.5 Å². The Morgan fingerprint density at radius 3 is 2.48 bits per heavy atom. The van der Waals surface area contributed by atoms with Gasteiger partial charge in [-0.2, -0.15) is 0 Å². The fourth-order valence-corrected chi connectivity index (χ4v) is 1.99. The zero-order chi connectivity index (χ0) is 16.5. The van der Waals surface area contributed by atoms with Crippen LogP contribution in [0.25, 0.3) is 0 Å². The molecular weight excluding hydrogens is 296 g/mol. The van der Waals surface area contributed by atoms with E-state index in [1.807, 2.05) is 30.3 Å². The molecule has 0 aromatic heterocycles. The SMILES string of the molecule is COCCCOc1cc(C(=O)O)ccc1OCc1ccccc1. The maximum atomic E-state index is 11.1. The van der Waals surface area contributed by atoms with E-state index >= 15 is 0 Å². The van der Waals surface area contributed by atoms with Gasteiger partial charge in [0, 0.05) is 20.1 Å². The number of carbonyl (C=O) groups is 1. The van der Waals surface area contributed by atoms with E-state index in [4.69, 9.17) is 19.3 Å². The first-order chi connectivity index (χ1) is 11.2. The van der Waals surface area contributed by atoms with Gasteiger partial charge in [0.15, 0.2) is 11.5 Å². The van der Waals surface area contributed by atoms with Gasteiger partial charge in [-0.1, -0.05) is 30.3 Å². The minimum absolute atomic E-state index is 0.166. The summed E-state index contributed by atoms with van der Waals surface area (Å²) in [5.41, 5.74) is 1.19. The van der Waals surface area contributed by atoms with Crippen LogP contribution in [-0.4, -0.2) is 31.4 Å². The Kier molecular flexibility index (Phi) is 6.44. The molecule has 0 saturated carbocycles. The van der Waals surface area contributed by atoms with Crippen LogP contribution in [0.4, 0.5) is 0 Å². The predicted octanol–water partition coefficient (Wildman–Crippen LogP) is 3.38. The summed E-state index contributed by atoms with van der Waals surface area (Å²) in [6.07, 6.45) is 0.714. The molecular formula is C18H20O5. The van der Waals surface area contributed by atoms with Gasteiger partial charge in [-0.05, 0) is 23.8 Å². The number of benzene rings is 2. The molecule has 23 heavy (non-hydrogen) atoms. The van der Waals surface area contributed by atoms with Crippen molar-refractivity contribution >= 4 is 5.97 Å². The summed E-state index contributed by atoms with van der Waals surface area (Å²) in [6.45, 7) is 1.40. The van der Waals surface area contributed by atoms with Crippen LogP contribution < -0.4 is 9.47 Å². The van der Waals surface area contributed by atoms with Gasteiger partial charge in [-0.25, -0.2) is 4.79 Å². The van der Waals surface area contributed by atoms with E-state index in [0.717, 1.165) is 5.56 Å². The number of ether oxygens (including phenoxy) is 3. The number of carboxylic acid groups (broad SMARTS) is 1. The number of carboxylic acids is 1. The Morgan fingerprint density at radius 2 is 1.78 bits per heavy atom. The van der Waals surface area contributed by atoms with E-state index in [2.05, 4.69) is 0 Å². The third-order valence-corrected chi connectivity index (χ3v) is 3.18. The van der Waals surface area contributed by atoms with E-state index in [0.29, 0.717) is 37.7 Å². The second kappa shape index (κ2) is 8.80. The molecule has 0 amide bonds. The summed E-state index contributed by atoms with van der Waals surface area (Å²) in [6, 6.07) is 14.4. The van der Waals surface area contributed by atoms with Crippen LogP contribution >= 0.6 is 0 Å². The third-order valence-electron chi connectivity index (χ3n) is 3.18. The number of rotatable bonds is 9. The summed E-state index contributed by atoms with van der Waals surface area (Å²) in [5, 5.41) is 9.10. The van der Waals surface area contributed by atoms with Gasteiger partial charge in [0.25, 0.3) is 0 Å². The molecule has 0 saturated heterocycles. The highest BCUT2D eigenvalue weighted by Gasteiger charge is 2.11. The lowest BCUT2D eigenvalue weighted by Crippen LogP contribution is -2.05. The van der Waals surface area contributed by atoms with Gasteiger partial charge in [0.2, 0.25) is 0 Å². The zero-order valence-electron chi connectivity index (χ0n) is 13.0. The van der Waals surface area contributed by atoms with E-state index in [1.165, 1.54) is 12.1 Å². The molecule has 0 fully saturated rings. The van der Waals surface area contributed by atoms with Crippen LogP contribution in [0.1, 0.15) is 22.3 Å². The second-order valence-electron chi connectivity index (χ2n) is 4.94. The van der Waals surface area contributed by atoms with Crippen molar-refractivity contribution in [3.8, 4) is 11.5 Å². The van der Waals surface area contributed by atoms with E-state index in [9.17, 15) is 4.79 Å². The standard InChI is InChI=1S/C18H20O5/c1-21-10-5-11-22-17-12-15(18(19)20)8-9-16(17)23-13-14-6-3-2-4-7-14/h2-4,6-9,12H,5,10-11,13H2,1H3,(H,19,20). The van der Waals surface area contributed by atoms with E-state index in [1.54, 1.807) is 13.2 Å². The molecule has 0 aliphatic heterocycles. The zero-order valence-corrected chi connectivity index (χ0v) is 13.0. The van der Waals surface area contributed by atoms with Gasteiger partial charge >= 0.3 is 5.97 Å². The number of hydrogen-bond donors (Lipinski definition) is 1. The van der Waals surface area contributed by atoms with Crippen LogP contribution in [-0.2, 0) is 11.3 Å². The minimum Gasteiger partial charge on any atom is -0.490 e. The molecule has 0 bridgehead atoms. The second-order valence-corrected chi connectivity index (χ2v) is 4.94. The molecule has 5 nitrogen and oxygen atoms in total. The lowest BCUT2D eigenvalue weighted by Gasteiger charge is -2.13. The molecule has 2 rings (SSSR count). The van der Waals surface area contributed by atoms with Crippen molar-refractivity contribution in [2.24, 2.45) is 0 Å². The molecule has 0 radical (unpaired) electrons. The molecule has 0 heterocycles. The molecule has 5 heteroatoms. The Morgan fingerprint density at radius 1 is 1.00 bits per heavy atom. The maximum absolute atomic E-state index is 11.1. The average molecular weight is 316 g/mol. The van der Waals surface area contributed by atoms with Crippen LogP contribution in [0, 0.1) is 0 Å². The smallest absolute Gasteiger partial charge is 0.335 e. The molecule has 0 aliphatic carbocycles. The highest BCUT2D eigenvalue weighted by Crippen LogP contribution is 2.29. The fraction of sp³-hybridized carbons (Fsp3) is 0.278. The van der Waals surface area contributed by atoms with Crippen molar-refractivity contribution < 1.29 is 24.1 Å². The summed E-state index contributed by atoms with van der Waals surface area (Å²) < 4.78 is 16.4. The monoisotopic (exact) mass is 316 g/mol. The molecule has 0 unspecified atom stereocenters. The maximum Gasteiger partial charge on any atom is 0.335 e. The normalized spacial score (nSPS) is 10.3. The van der Waals surface area contributed by atoms with Gasteiger partial charge in [0.1, 0.15) is 6.61 Å². The summed E-state index contributed by atoms with van der Waals surface area (Å²) in [5.74, 6) is -0.0467. The highest BCUT2D eigenvalue weighted by atomic mass is 16.5. The molecule has 0 atom stereocenters. The Balaban J connectivity index is 2.07. The minimum atomic E-state index is -0.999. The first-order valence-electron chi connectivity index (χ1n) is 7.36. The number of aromatic carboxylic acids is 1. The molecule has 0 spiro atoms. The van der Waals surface area contributed by atoms with Crippen molar-refractivity contribution in [3.05, 3.63) is 59.7 Å². The highest BCUT2D eigenvalue weighted by molar-refractivity contribution is 5.88. The molecule has 0 aliphatic rings. The Labute approximate surface area is 135 Å². The molecule has 1 N–H and O–H groups in total. The lowest BCUT2D eigenvalue weighted by molar-refractivity contribution is 0.0696. The quantitative estimate of drug-likeness (QED) is 0.718. The third kappa shape index (κ3) is 5.30. The van der Waals surface area contributed by atoms with Crippen molar-refractivity contribution in [2.45, 2.75) is 13.0 Å². The number of methoxy groups -OCH3 is 1. The first kappa shape index (κ1) is 16.8. The summed E-state index contributed by atoms with van der Waals surface area (Å²) in [4.78, 5) is 11.1. The summed E-state index contributed by atoms with van der Waals surface area (Å²) in [7, 11) is 1.62. The van der Waals surface area contributed by atoms with Crippen LogP contribution in [0.2, 0.25) is 0 Å². The van der Waals surface area contributed by atoms with E-state index in [-0.39, 0.29) is 5.56 Å².